The smallest absolute Gasteiger partial charge is 0.325 e. The number of methoxy groups -OCH3 is 2. The predicted molar refractivity (Wildman–Crippen MR) is 224 cm³/mol. The van der Waals surface area contributed by atoms with Gasteiger partial charge < -0.3 is 24.1 Å². The monoisotopic (exact) mass is 805 g/mol. The van der Waals surface area contributed by atoms with Crippen LogP contribution in [-0.4, -0.2) is 35.3 Å². The summed E-state index contributed by atoms with van der Waals surface area (Å²) in [5, 5.41) is 13.6. The molecule has 0 aliphatic carbocycles. The molecule has 2 N–H and O–H groups in total. The van der Waals surface area contributed by atoms with Crippen LogP contribution in [0.15, 0.2) is 109 Å². The number of pyridine rings is 2. The standard InChI is InChI=1S/C46H45Cl2N3O6/c1-29-34(27-56-44-39(47)24-33(42(50-44)54-3)19-11-16-31-14-7-5-8-15-31)20-12-22-37(29)38-23-13-21-35(30(38)2)28-57-45-40(48)25-36(43(51-45)55-4)26-49-41(46(52)53)32-17-9-6-10-18-32/h5-10,12-15,17-18,20-25,41,49H,11,16,19,26-28H2,1-4H3,(H,52,53)/t41-/m0/s1. The van der Waals surface area contributed by atoms with Gasteiger partial charge in [-0.05, 0) is 89.8 Å². The number of aromatic nitrogens is 2. The zero-order valence-corrected chi connectivity index (χ0v) is 33.9. The molecule has 0 fully saturated rings. The van der Waals surface area contributed by atoms with Crippen LogP contribution in [0.2, 0.25) is 10.0 Å². The van der Waals surface area contributed by atoms with Gasteiger partial charge in [-0.2, -0.15) is 9.97 Å². The Morgan fingerprint density at radius 3 is 1.68 bits per heavy atom. The molecule has 0 spiro atoms. The number of ether oxygens (including phenoxy) is 4. The minimum absolute atomic E-state index is 0.159. The van der Waals surface area contributed by atoms with Gasteiger partial charge in [0.1, 0.15) is 29.3 Å². The molecule has 0 aliphatic heterocycles. The van der Waals surface area contributed by atoms with Crippen molar-refractivity contribution in [3.63, 3.8) is 0 Å². The van der Waals surface area contributed by atoms with E-state index in [0.29, 0.717) is 27.9 Å². The average Bonchev–Trinajstić information content (AvgIpc) is 3.22. The molecule has 2 heterocycles. The van der Waals surface area contributed by atoms with E-state index in [1.54, 1.807) is 37.4 Å². The molecule has 0 saturated heterocycles. The molecule has 57 heavy (non-hydrogen) atoms. The molecule has 294 valence electrons. The van der Waals surface area contributed by atoms with Crippen LogP contribution in [0.3, 0.4) is 0 Å². The first-order chi connectivity index (χ1) is 27.7. The number of nitrogens with zero attached hydrogens (tertiary/aromatic N) is 2. The Morgan fingerprint density at radius 1 is 0.649 bits per heavy atom. The molecule has 0 bridgehead atoms. The highest BCUT2D eigenvalue weighted by Gasteiger charge is 2.21. The SMILES string of the molecule is COc1nc(OCc2cccc(-c3cccc(COc4nc(OC)c(CN[C@H](C(=O)O)c5ccccc5)cc4Cl)c3C)c2C)c(Cl)cc1CCCc1ccccc1. The molecule has 0 radical (unpaired) electrons. The van der Waals surface area contributed by atoms with E-state index < -0.39 is 12.0 Å². The third kappa shape index (κ3) is 10.2. The first-order valence-corrected chi connectivity index (χ1v) is 19.4. The summed E-state index contributed by atoms with van der Waals surface area (Å²) in [5.74, 6) is 0.327. The zero-order chi connectivity index (χ0) is 40.3. The van der Waals surface area contributed by atoms with Gasteiger partial charge in [0.15, 0.2) is 0 Å². The predicted octanol–water partition coefficient (Wildman–Crippen LogP) is 10.3. The van der Waals surface area contributed by atoms with Crippen molar-refractivity contribution < 1.29 is 28.8 Å². The van der Waals surface area contributed by atoms with Gasteiger partial charge in [0, 0.05) is 17.7 Å². The molecule has 9 nitrogen and oxygen atoms in total. The third-order valence-corrected chi connectivity index (χ3v) is 10.4. The van der Waals surface area contributed by atoms with E-state index in [9.17, 15) is 9.90 Å². The van der Waals surface area contributed by atoms with Crippen molar-refractivity contribution in [3.8, 4) is 34.6 Å². The van der Waals surface area contributed by atoms with Crippen molar-refractivity contribution in [2.45, 2.75) is 58.9 Å². The number of aryl methyl sites for hydroxylation is 2. The van der Waals surface area contributed by atoms with Crippen molar-refractivity contribution >= 4 is 29.2 Å². The van der Waals surface area contributed by atoms with E-state index in [2.05, 4.69) is 65.5 Å². The number of carboxylic acid groups (broad SMARTS) is 1. The van der Waals surface area contributed by atoms with Crippen LogP contribution < -0.4 is 24.3 Å². The highest BCUT2D eigenvalue weighted by molar-refractivity contribution is 6.32. The Kier molecular flexibility index (Phi) is 14.0. The molecule has 0 saturated carbocycles. The summed E-state index contributed by atoms with van der Waals surface area (Å²) in [4.78, 5) is 21.2. The van der Waals surface area contributed by atoms with Crippen LogP contribution in [0, 0.1) is 13.8 Å². The molecule has 0 aliphatic rings. The van der Waals surface area contributed by atoms with Crippen molar-refractivity contribution in [2.75, 3.05) is 14.2 Å². The number of hydrogen-bond donors (Lipinski definition) is 2. The summed E-state index contributed by atoms with van der Waals surface area (Å²) in [6, 6.07) is 34.2. The molecule has 0 amide bonds. The number of halogens is 2. The largest absolute Gasteiger partial charge is 0.481 e. The van der Waals surface area contributed by atoms with Crippen LogP contribution >= 0.6 is 23.2 Å². The van der Waals surface area contributed by atoms with E-state index in [4.69, 9.17) is 42.1 Å². The maximum absolute atomic E-state index is 12.0. The number of hydrogen-bond acceptors (Lipinski definition) is 8. The minimum Gasteiger partial charge on any atom is -0.481 e. The summed E-state index contributed by atoms with van der Waals surface area (Å²) in [6.07, 6.45) is 2.67. The lowest BCUT2D eigenvalue weighted by atomic mass is 9.92. The Morgan fingerprint density at radius 2 is 1.16 bits per heavy atom. The van der Waals surface area contributed by atoms with Gasteiger partial charge in [-0.25, -0.2) is 0 Å². The molecule has 1 atom stereocenters. The van der Waals surface area contributed by atoms with Gasteiger partial charge in [-0.15, -0.1) is 0 Å². The highest BCUT2D eigenvalue weighted by Crippen LogP contribution is 2.35. The van der Waals surface area contributed by atoms with Gasteiger partial charge in [0.2, 0.25) is 23.5 Å². The normalized spacial score (nSPS) is 11.5. The lowest BCUT2D eigenvalue weighted by Crippen LogP contribution is -2.28. The second kappa shape index (κ2) is 19.5. The zero-order valence-electron chi connectivity index (χ0n) is 32.4. The molecular formula is C46H45Cl2N3O6. The fraction of sp³-hybridized carbons (Fsp3) is 0.239. The summed E-state index contributed by atoms with van der Waals surface area (Å²) in [6.45, 7) is 4.77. The molecule has 11 heteroatoms. The number of aliphatic carboxylic acids is 1. The maximum Gasteiger partial charge on any atom is 0.325 e. The van der Waals surface area contributed by atoms with Crippen LogP contribution in [0.1, 0.15) is 57.0 Å². The summed E-state index contributed by atoms with van der Waals surface area (Å²) < 4.78 is 23.5. The van der Waals surface area contributed by atoms with E-state index in [1.807, 2.05) is 42.5 Å². The lowest BCUT2D eigenvalue weighted by molar-refractivity contribution is -0.139. The van der Waals surface area contributed by atoms with Crippen LogP contribution in [0.5, 0.6) is 23.5 Å². The Labute approximate surface area is 343 Å². The molecule has 0 unspecified atom stereocenters. The highest BCUT2D eigenvalue weighted by atomic mass is 35.5. The van der Waals surface area contributed by atoms with Crippen molar-refractivity contribution in [3.05, 3.63) is 164 Å². The molecule has 4 aromatic carbocycles. The van der Waals surface area contributed by atoms with Gasteiger partial charge in [0.05, 0.1) is 14.2 Å². The molecule has 6 rings (SSSR count). The van der Waals surface area contributed by atoms with Crippen molar-refractivity contribution in [1.82, 2.24) is 15.3 Å². The number of nitrogens with one attached hydrogen (secondary N) is 1. The van der Waals surface area contributed by atoms with E-state index >= 15 is 0 Å². The Balaban J connectivity index is 1.12. The second-order valence-electron chi connectivity index (χ2n) is 13.5. The fourth-order valence-corrected chi connectivity index (χ4v) is 7.19. The molecule has 6 aromatic rings. The van der Waals surface area contributed by atoms with Gasteiger partial charge in [-0.1, -0.05) is 120 Å². The van der Waals surface area contributed by atoms with Crippen LogP contribution in [-0.2, 0) is 37.4 Å². The first kappa shape index (κ1) is 41.0. The van der Waals surface area contributed by atoms with E-state index in [-0.39, 0.29) is 36.5 Å². The Bertz CT molecular complexity index is 2310. The Hall–Kier alpha value is -5.61. The summed E-state index contributed by atoms with van der Waals surface area (Å²) in [7, 11) is 3.11. The van der Waals surface area contributed by atoms with Gasteiger partial charge in [0.25, 0.3) is 0 Å². The number of rotatable bonds is 18. The van der Waals surface area contributed by atoms with Crippen molar-refractivity contribution in [1.29, 1.82) is 0 Å². The third-order valence-electron chi connectivity index (χ3n) is 9.89. The van der Waals surface area contributed by atoms with Crippen LogP contribution in [0.4, 0.5) is 0 Å². The summed E-state index contributed by atoms with van der Waals surface area (Å²) >= 11 is 13.3. The summed E-state index contributed by atoms with van der Waals surface area (Å²) in [5.41, 5.74) is 9.63. The van der Waals surface area contributed by atoms with Gasteiger partial charge >= 0.3 is 5.97 Å². The van der Waals surface area contributed by atoms with Crippen LogP contribution in [0.25, 0.3) is 11.1 Å². The lowest BCUT2D eigenvalue weighted by Gasteiger charge is -2.18. The molecular weight excluding hydrogens is 761 g/mol. The van der Waals surface area contributed by atoms with Crippen molar-refractivity contribution in [2.24, 2.45) is 0 Å². The quantitative estimate of drug-likeness (QED) is 0.0877. The van der Waals surface area contributed by atoms with E-state index in [0.717, 1.165) is 58.2 Å². The average molecular weight is 807 g/mol. The second-order valence-corrected chi connectivity index (χ2v) is 14.4. The maximum atomic E-state index is 12.0. The minimum atomic E-state index is -0.998. The topological polar surface area (TPSA) is 112 Å². The number of carbonyl (C=O) groups is 1. The number of carboxylic acids is 1. The fourth-order valence-electron chi connectivity index (χ4n) is 6.74. The van der Waals surface area contributed by atoms with E-state index in [1.165, 1.54) is 12.7 Å². The first-order valence-electron chi connectivity index (χ1n) is 18.6. The number of benzene rings is 4. The molecule has 2 aromatic heterocycles. The van der Waals surface area contributed by atoms with Gasteiger partial charge in [-0.3, -0.25) is 10.1 Å².